The highest BCUT2D eigenvalue weighted by Gasteiger charge is 2.10. The molecule has 0 amide bonds. The molecule has 22 heavy (non-hydrogen) atoms. The molecule has 0 aliphatic heterocycles. The van der Waals surface area contributed by atoms with Crippen molar-refractivity contribution in [3.05, 3.63) is 64.3 Å². The van der Waals surface area contributed by atoms with Gasteiger partial charge < -0.3 is 9.15 Å². The van der Waals surface area contributed by atoms with Gasteiger partial charge in [-0.3, -0.25) is 4.79 Å². The van der Waals surface area contributed by atoms with Crippen LogP contribution in [0.2, 0.25) is 0 Å². The standard InChI is InChI=1S/C18H13NO3/c1-21-14-7-5-12(6-8-14)17-11-16(20)15-4-2-3-13(9-10-19)18(15)22-17/h2-8,11H,9H2,1H3. The number of hydrogen-bond acceptors (Lipinski definition) is 4. The predicted octanol–water partition coefficient (Wildman–Crippen LogP) is 3.53. The molecule has 1 heterocycles. The zero-order chi connectivity index (χ0) is 15.5. The summed E-state index contributed by atoms with van der Waals surface area (Å²) in [6.45, 7) is 0. The van der Waals surface area contributed by atoms with Crippen LogP contribution >= 0.6 is 0 Å². The molecule has 3 rings (SSSR count). The van der Waals surface area contributed by atoms with Gasteiger partial charge in [-0.1, -0.05) is 12.1 Å². The van der Waals surface area contributed by atoms with Crippen LogP contribution in [0.1, 0.15) is 5.56 Å². The normalized spacial score (nSPS) is 10.4. The zero-order valence-corrected chi connectivity index (χ0v) is 12.0. The fourth-order valence-corrected chi connectivity index (χ4v) is 2.36. The van der Waals surface area contributed by atoms with E-state index in [4.69, 9.17) is 14.4 Å². The quantitative estimate of drug-likeness (QED) is 0.740. The third-order valence-corrected chi connectivity index (χ3v) is 3.48. The SMILES string of the molecule is COc1ccc(-c2cc(=O)c3cccc(CC#N)c3o2)cc1. The Balaban J connectivity index is 2.20. The number of nitrogens with zero attached hydrogens (tertiary/aromatic N) is 1. The molecule has 2 aromatic carbocycles. The summed E-state index contributed by atoms with van der Waals surface area (Å²) in [5.41, 5.74) is 1.85. The fourth-order valence-electron chi connectivity index (χ4n) is 2.36. The summed E-state index contributed by atoms with van der Waals surface area (Å²) < 4.78 is 11.0. The first-order chi connectivity index (χ1) is 10.7. The van der Waals surface area contributed by atoms with E-state index in [1.807, 2.05) is 12.1 Å². The van der Waals surface area contributed by atoms with Gasteiger partial charge in [0.1, 0.15) is 17.1 Å². The molecule has 1 aromatic heterocycles. The Morgan fingerprint density at radius 1 is 1.18 bits per heavy atom. The number of para-hydroxylation sites is 1. The Hall–Kier alpha value is -3.06. The first-order valence-corrected chi connectivity index (χ1v) is 6.80. The highest BCUT2D eigenvalue weighted by Crippen LogP contribution is 2.26. The molecule has 0 fully saturated rings. The maximum absolute atomic E-state index is 12.3. The van der Waals surface area contributed by atoms with Crippen molar-refractivity contribution in [3.8, 4) is 23.1 Å². The lowest BCUT2D eigenvalue weighted by Crippen LogP contribution is -2.02. The summed E-state index contributed by atoms with van der Waals surface area (Å²) >= 11 is 0. The lowest BCUT2D eigenvalue weighted by atomic mass is 10.1. The number of nitriles is 1. The summed E-state index contributed by atoms with van der Waals surface area (Å²) in [6, 6.07) is 16.1. The summed E-state index contributed by atoms with van der Waals surface area (Å²) in [6.07, 6.45) is 0.201. The minimum Gasteiger partial charge on any atom is -0.497 e. The van der Waals surface area contributed by atoms with Crippen molar-refractivity contribution in [3.63, 3.8) is 0 Å². The summed E-state index contributed by atoms with van der Waals surface area (Å²) in [5, 5.41) is 9.40. The molecule has 0 bridgehead atoms. The maximum Gasteiger partial charge on any atom is 0.193 e. The van der Waals surface area contributed by atoms with Crippen LogP contribution in [-0.4, -0.2) is 7.11 Å². The largest absolute Gasteiger partial charge is 0.497 e. The predicted molar refractivity (Wildman–Crippen MR) is 83.8 cm³/mol. The van der Waals surface area contributed by atoms with Gasteiger partial charge in [-0.15, -0.1) is 0 Å². The molecule has 0 saturated heterocycles. The lowest BCUT2D eigenvalue weighted by Gasteiger charge is -2.06. The van der Waals surface area contributed by atoms with Gasteiger partial charge in [-0.05, 0) is 30.3 Å². The second-order valence-electron chi connectivity index (χ2n) is 4.83. The maximum atomic E-state index is 12.3. The van der Waals surface area contributed by atoms with Crippen LogP contribution in [0.3, 0.4) is 0 Å². The van der Waals surface area contributed by atoms with E-state index in [1.165, 1.54) is 6.07 Å². The molecule has 0 atom stereocenters. The monoisotopic (exact) mass is 291 g/mol. The van der Waals surface area contributed by atoms with E-state index in [9.17, 15) is 4.79 Å². The van der Waals surface area contributed by atoms with Crippen molar-refractivity contribution in [1.82, 2.24) is 0 Å². The Morgan fingerprint density at radius 2 is 1.95 bits per heavy atom. The third-order valence-electron chi connectivity index (χ3n) is 3.48. The van der Waals surface area contributed by atoms with Crippen molar-refractivity contribution in [2.24, 2.45) is 0 Å². The van der Waals surface area contributed by atoms with Crippen LogP contribution in [0.15, 0.2) is 57.7 Å². The van der Waals surface area contributed by atoms with Gasteiger partial charge >= 0.3 is 0 Å². The van der Waals surface area contributed by atoms with Crippen molar-refractivity contribution >= 4 is 11.0 Å². The van der Waals surface area contributed by atoms with Crippen molar-refractivity contribution in [1.29, 1.82) is 5.26 Å². The van der Waals surface area contributed by atoms with E-state index in [-0.39, 0.29) is 11.8 Å². The number of rotatable bonds is 3. The number of fused-ring (bicyclic) bond motifs is 1. The average molecular weight is 291 g/mol. The van der Waals surface area contributed by atoms with E-state index < -0.39 is 0 Å². The number of hydrogen-bond donors (Lipinski definition) is 0. The fraction of sp³-hybridized carbons (Fsp3) is 0.111. The minimum atomic E-state index is -0.119. The molecular weight excluding hydrogens is 278 g/mol. The van der Waals surface area contributed by atoms with E-state index in [0.717, 1.165) is 11.3 Å². The van der Waals surface area contributed by atoms with Crippen LogP contribution in [0, 0.1) is 11.3 Å². The summed E-state index contributed by atoms with van der Waals surface area (Å²) in [5.74, 6) is 1.21. The molecule has 108 valence electrons. The number of benzene rings is 2. The van der Waals surface area contributed by atoms with E-state index in [0.29, 0.717) is 22.3 Å². The molecule has 0 unspecified atom stereocenters. The molecule has 4 nitrogen and oxygen atoms in total. The van der Waals surface area contributed by atoms with E-state index in [2.05, 4.69) is 6.07 Å². The minimum absolute atomic E-state index is 0.119. The average Bonchev–Trinajstić information content (AvgIpc) is 2.56. The molecule has 4 heteroatoms. The molecule has 0 radical (unpaired) electrons. The zero-order valence-electron chi connectivity index (χ0n) is 12.0. The first-order valence-electron chi connectivity index (χ1n) is 6.80. The topological polar surface area (TPSA) is 63.2 Å². The highest BCUT2D eigenvalue weighted by molar-refractivity contribution is 5.81. The molecule has 3 aromatic rings. The van der Waals surface area contributed by atoms with E-state index >= 15 is 0 Å². The highest BCUT2D eigenvalue weighted by atomic mass is 16.5. The van der Waals surface area contributed by atoms with Crippen LogP contribution in [0.5, 0.6) is 5.75 Å². The summed E-state index contributed by atoms with van der Waals surface area (Å²) in [4.78, 5) is 12.3. The van der Waals surface area contributed by atoms with Gasteiger partial charge in [0.05, 0.1) is 25.0 Å². The Kier molecular flexibility index (Phi) is 3.63. The second kappa shape index (κ2) is 5.74. The molecule has 0 saturated carbocycles. The number of methoxy groups -OCH3 is 1. The molecule has 0 N–H and O–H groups in total. The molecule has 0 spiro atoms. The van der Waals surface area contributed by atoms with Gasteiger partial charge in [0.25, 0.3) is 0 Å². The van der Waals surface area contributed by atoms with Crippen LogP contribution in [0.25, 0.3) is 22.3 Å². The molecule has 0 aliphatic carbocycles. The van der Waals surface area contributed by atoms with Crippen molar-refractivity contribution < 1.29 is 9.15 Å². The Labute approximate surface area is 127 Å². The smallest absolute Gasteiger partial charge is 0.193 e. The van der Waals surface area contributed by atoms with Crippen LogP contribution in [-0.2, 0) is 6.42 Å². The number of ether oxygens (including phenoxy) is 1. The van der Waals surface area contributed by atoms with Gasteiger partial charge in [-0.25, -0.2) is 0 Å². The van der Waals surface area contributed by atoms with Crippen LogP contribution in [0.4, 0.5) is 0 Å². The second-order valence-corrected chi connectivity index (χ2v) is 4.83. The van der Waals surface area contributed by atoms with Crippen molar-refractivity contribution in [2.75, 3.05) is 7.11 Å². The van der Waals surface area contributed by atoms with Crippen LogP contribution < -0.4 is 10.2 Å². The van der Waals surface area contributed by atoms with Gasteiger partial charge in [0.15, 0.2) is 5.43 Å². The molecular formula is C18H13NO3. The third kappa shape index (κ3) is 2.45. The van der Waals surface area contributed by atoms with Gasteiger partial charge in [0, 0.05) is 17.2 Å². The Morgan fingerprint density at radius 3 is 2.64 bits per heavy atom. The molecule has 0 aliphatic rings. The Bertz CT molecular complexity index is 918. The first kappa shape index (κ1) is 13.9. The summed E-state index contributed by atoms with van der Waals surface area (Å²) in [7, 11) is 1.60. The lowest BCUT2D eigenvalue weighted by molar-refractivity contribution is 0.415. The van der Waals surface area contributed by atoms with E-state index in [1.54, 1.807) is 37.4 Å². The van der Waals surface area contributed by atoms with Gasteiger partial charge in [-0.2, -0.15) is 5.26 Å². The van der Waals surface area contributed by atoms with Gasteiger partial charge in [0.2, 0.25) is 0 Å². The van der Waals surface area contributed by atoms with Crippen molar-refractivity contribution in [2.45, 2.75) is 6.42 Å².